The summed E-state index contributed by atoms with van der Waals surface area (Å²) in [5, 5.41) is 0. The lowest BCUT2D eigenvalue weighted by molar-refractivity contribution is -0.143. The fourth-order valence-corrected chi connectivity index (χ4v) is 5.82. The minimum Gasteiger partial charge on any atom is -0.494 e. The summed E-state index contributed by atoms with van der Waals surface area (Å²) in [5.41, 5.74) is 2.45. The molecule has 0 unspecified atom stereocenters. The van der Waals surface area contributed by atoms with Crippen LogP contribution < -0.4 is 19.6 Å². The molecule has 0 fully saturated rings. The van der Waals surface area contributed by atoms with Crippen LogP contribution in [-0.2, 0) is 14.3 Å². The Hall–Kier alpha value is -4.70. The molecule has 0 aliphatic carbocycles. The van der Waals surface area contributed by atoms with Gasteiger partial charge in [-0.2, -0.15) is 0 Å². The quantitative estimate of drug-likeness (QED) is 0.248. The average molecular weight is 601 g/mol. The van der Waals surface area contributed by atoms with Gasteiger partial charge < -0.3 is 18.6 Å². The lowest BCUT2D eigenvalue weighted by atomic mass is 9.96. The van der Waals surface area contributed by atoms with Crippen molar-refractivity contribution >= 4 is 29.4 Å². The monoisotopic (exact) mass is 600 g/mol. The molecule has 9 nitrogen and oxygen atoms in total. The predicted molar refractivity (Wildman–Crippen MR) is 163 cm³/mol. The number of hydrogen-bond donors (Lipinski definition) is 0. The second-order valence-electron chi connectivity index (χ2n) is 10.0. The Labute approximate surface area is 252 Å². The summed E-state index contributed by atoms with van der Waals surface area (Å²) in [6, 6.07) is 17.1. The average Bonchev–Trinajstić information content (AvgIpc) is 3.57. The molecule has 0 radical (unpaired) electrons. The number of furan rings is 1. The van der Waals surface area contributed by atoms with Crippen molar-refractivity contribution in [3.63, 3.8) is 0 Å². The molecule has 2 aromatic heterocycles. The zero-order chi connectivity index (χ0) is 30.7. The van der Waals surface area contributed by atoms with Crippen LogP contribution in [0.2, 0.25) is 0 Å². The van der Waals surface area contributed by atoms with Crippen LogP contribution in [0.1, 0.15) is 62.3 Å². The molecule has 5 rings (SSSR count). The predicted octanol–water partition coefficient (Wildman–Crippen LogP) is 5.02. The number of rotatable bonds is 9. The number of carbonyl (C=O) groups excluding carboxylic acids is 2. The Morgan fingerprint density at radius 3 is 2.37 bits per heavy atom. The molecule has 0 bridgehead atoms. The minimum absolute atomic E-state index is 0.303. The van der Waals surface area contributed by atoms with Crippen molar-refractivity contribution in [2.75, 3.05) is 13.2 Å². The van der Waals surface area contributed by atoms with Gasteiger partial charge in [0.05, 0.1) is 46.7 Å². The topological polar surface area (TPSA) is 109 Å². The summed E-state index contributed by atoms with van der Waals surface area (Å²) in [6.45, 7) is 9.80. The number of fused-ring (bicyclic) bond motifs is 1. The van der Waals surface area contributed by atoms with Crippen LogP contribution in [0, 0.1) is 0 Å². The Balaban J connectivity index is 1.54. The van der Waals surface area contributed by atoms with E-state index in [0.717, 1.165) is 11.1 Å². The maximum absolute atomic E-state index is 13.9. The highest BCUT2D eigenvalue weighted by atomic mass is 32.1. The summed E-state index contributed by atoms with van der Waals surface area (Å²) < 4.78 is 24.2. The van der Waals surface area contributed by atoms with E-state index >= 15 is 0 Å². The number of carbonyl (C=O) groups is 2. The highest BCUT2D eigenvalue weighted by Crippen LogP contribution is 2.32. The van der Waals surface area contributed by atoms with Crippen molar-refractivity contribution in [2.24, 2.45) is 4.99 Å². The van der Waals surface area contributed by atoms with Crippen LogP contribution in [0.3, 0.4) is 0 Å². The van der Waals surface area contributed by atoms with E-state index in [-0.39, 0.29) is 17.6 Å². The van der Waals surface area contributed by atoms with Gasteiger partial charge in [-0.1, -0.05) is 35.6 Å². The molecule has 0 spiro atoms. The van der Waals surface area contributed by atoms with E-state index in [4.69, 9.17) is 18.6 Å². The van der Waals surface area contributed by atoms with Crippen molar-refractivity contribution < 1.29 is 28.2 Å². The molecular formula is C33H32N2O7S. The summed E-state index contributed by atoms with van der Waals surface area (Å²) in [7, 11) is 0. The van der Waals surface area contributed by atoms with E-state index < -0.39 is 12.0 Å². The second-order valence-corrected chi connectivity index (χ2v) is 11.0. The van der Waals surface area contributed by atoms with E-state index in [9.17, 15) is 14.4 Å². The van der Waals surface area contributed by atoms with Crippen molar-refractivity contribution in [2.45, 2.75) is 46.8 Å². The highest BCUT2D eigenvalue weighted by Gasteiger charge is 2.33. The van der Waals surface area contributed by atoms with Crippen LogP contribution in [0.4, 0.5) is 0 Å². The van der Waals surface area contributed by atoms with Gasteiger partial charge >= 0.3 is 11.9 Å². The molecule has 1 aliphatic rings. The van der Waals surface area contributed by atoms with E-state index in [1.165, 1.54) is 15.9 Å². The minimum atomic E-state index is -0.731. The molecule has 1 aliphatic heterocycles. The maximum atomic E-state index is 13.9. The normalized spacial score (nSPS) is 14.8. The number of ether oxygens (including phenoxy) is 3. The molecule has 222 valence electrons. The van der Waals surface area contributed by atoms with Gasteiger partial charge in [0.15, 0.2) is 4.80 Å². The first-order valence-electron chi connectivity index (χ1n) is 14.0. The first-order chi connectivity index (χ1) is 20.7. The Kier molecular flexibility index (Phi) is 8.77. The standard InChI is InChI=1S/C33H32N2O7S/c1-6-39-24-14-12-22(13-15-24)29-28(32(38)41-19(3)4)20(5)34-33-35(29)30(36)27(43-33)18-25-16-17-26(42-25)21-8-10-23(11-9-21)31(37)40-7-2/h8-19,29H,6-7H2,1-5H3/b27-18+/t29-/m1/s1. The van der Waals surface area contributed by atoms with Crippen LogP contribution in [0.5, 0.6) is 5.75 Å². The fraction of sp³-hybridized carbons (Fsp3) is 0.273. The molecule has 0 saturated carbocycles. The van der Waals surface area contributed by atoms with Crippen LogP contribution in [-0.4, -0.2) is 35.8 Å². The van der Waals surface area contributed by atoms with E-state index in [0.29, 0.717) is 56.7 Å². The van der Waals surface area contributed by atoms with Crippen LogP contribution in [0.15, 0.2) is 86.1 Å². The number of thiazole rings is 1. The lowest BCUT2D eigenvalue weighted by Gasteiger charge is -2.25. The smallest absolute Gasteiger partial charge is 0.338 e. The molecule has 4 aromatic rings. The van der Waals surface area contributed by atoms with Gasteiger partial charge in [-0.15, -0.1) is 0 Å². The van der Waals surface area contributed by atoms with E-state index in [1.54, 1.807) is 70.2 Å². The highest BCUT2D eigenvalue weighted by molar-refractivity contribution is 7.07. The van der Waals surface area contributed by atoms with Gasteiger partial charge in [0.1, 0.15) is 17.3 Å². The Bertz CT molecular complexity index is 1860. The largest absolute Gasteiger partial charge is 0.494 e. The van der Waals surface area contributed by atoms with E-state index in [2.05, 4.69) is 4.99 Å². The third-order valence-corrected chi connectivity index (χ3v) is 7.65. The third-order valence-electron chi connectivity index (χ3n) is 6.67. The van der Waals surface area contributed by atoms with Crippen molar-refractivity contribution in [3.05, 3.63) is 109 Å². The van der Waals surface area contributed by atoms with Gasteiger partial charge in [0.25, 0.3) is 5.56 Å². The molecule has 2 aromatic carbocycles. The summed E-state index contributed by atoms with van der Waals surface area (Å²) in [5.74, 6) is 0.839. The van der Waals surface area contributed by atoms with Gasteiger partial charge in [-0.3, -0.25) is 9.36 Å². The lowest BCUT2D eigenvalue weighted by Crippen LogP contribution is -2.40. The molecule has 10 heteroatoms. The summed E-state index contributed by atoms with van der Waals surface area (Å²) in [4.78, 5) is 44.3. The molecule has 0 saturated heterocycles. The Morgan fingerprint density at radius 1 is 1.00 bits per heavy atom. The molecule has 3 heterocycles. The molecule has 0 amide bonds. The maximum Gasteiger partial charge on any atom is 0.338 e. The SMILES string of the molecule is CCOC(=O)c1ccc(-c2ccc(/C=c3/sc4n(c3=O)[C@H](c3ccc(OCC)cc3)C(C(=O)OC(C)C)=C(C)N=4)o2)cc1. The van der Waals surface area contributed by atoms with Crippen molar-refractivity contribution in [1.82, 2.24) is 4.57 Å². The van der Waals surface area contributed by atoms with E-state index in [1.807, 2.05) is 31.2 Å². The molecular weight excluding hydrogens is 568 g/mol. The Morgan fingerprint density at radius 2 is 1.72 bits per heavy atom. The number of esters is 2. The number of nitrogens with zero attached hydrogens (tertiary/aromatic N) is 2. The number of allylic oxidation sites excluding steroid dienone is 1. The van der Waals surface area contributed by atoms with Crippen LogP contribution >= 0.6 is 11.3 Å². The number of aromatic nitrogens is 1. The molecule has 43 heavy (non-hydrogen) atoms. The third kappa shape index (κ3) is 6.24. The summed E-state index contributed by atoms with van der Waals surface area (Å²) in [6.07, 6.45) is 1.33. The van der Waals surface area contributed by atoms with Gasteiger partial charge in [0, 0.05) is 11.6 Å². The zero-order valence-electron chi connectivity index (χ0n) is 24.6. The second kappa shape index (κ2) is 12.7. The molecule has 0 N–H and O–H groups in total. The fourth-order valence-electron chi connectivity index (χ4n) is 4.79. The first-order valence-corrected chi connectivity index (χ1v) is 14.9. The number of benzene rings is 2. The first kappa shape index (κ1) is 29.8. The zero-order valence-corrected chi connectivity index (χ0v) is 25.4. The van der Waals surface area contributed by atoms with Gasteiger partial charge in [-0.05, 0) is 76.6 Å². The van der Waals surface area contributed by atoms with Crippen molar-refractivity contribution in [1.29, 1.82) is 0 Å². The molecule has 1 atom stereocenters. The van der Waals surface area contributed by atoms with Crippen molar-refractivity contribution in [3.8, 4) is 17.1 Å². The van der Waals surface area contributed by atoms with Gasteiger partial charge in [0.2, 0.25) is 0 Å². The van der Waals surface area contributed by atoms with Crippen LogP contribution in [0.25, 0.3) is 17.4 Å². The number of hydrogen-bond acceptors (Lipinski definition) is 9. The summed E-state index contributed by atoms with van der Waals surface area (Å²) >= 11 is 1.22. The van der Waals surface area contributed by atoms with Gasteiger partial charge in [-0.25, -0.2) is 14.6 Å².